The number of aromatic nitrogens is 1. The molecule has 1 aromatic rings. The molecule has 0 aromatic carbocycles. The molecule has 0 amide bonds. The lowest BCUT2D eigenvalue weighted by Crippen LogP contribution is -2.36. The fourth-order valence-corrected chi connectivity index (χ4v) is 3.67. The Morgan fingerprint density at radius 1 is 1.32 bits per heavy atom. The molecule has 0 aliphatic rings. The van der Waals surface area contributed by atoms with Crippen molar-refractivity contribution in [3.8, 4) is 0 Å². The highest BCUT2D eigenvalue weighted by Gasteiger charge is 2.28. The number of hydrogen-bond donors (Lipinski definition) is 1. The van der Waals surface area contributed by atoms with Gasteiger partial charge < -0.3 is 5.32 Å². The molecule has 6 heteroatoms. The van der Waals surface area contributed by atoms with E-state index in [1.54, 1.807) is 25.4 Å². The normalized spacial score (nSPS) is 12.1. The molecule has 0 bridgehead atoms. The van der Waals surface area contributed by atoms with Gasteiger partial charge in [-0.25, -0.2) is 13.4 Å². The van der Waals surface area contributed by atoms with Crippen molar-refractivity contribution in [2.75, 3.05) is 18.9 Å². The van der Waals surface area contributed by atoms with Crippen molar-refractivity contribution in [1.82, 2.24) is 9.29 Å². The molecule has 0 unspecified atom stereocenters. The first kappa shape index (κ1) is 15.9. The fourth-order valence-electron chi connectivity index (χ4n) is 2.05. The fraction of sp³-hybridized carbons (Fsp3) is 0.615. The summed E-state index contributed by atoms with van der Waals surface area (Å²) in [6.45, 7) is 6.53. The van der Waals surface area contributed by atoms with E-state index in [1.807, 2.05) is 20.8 Å². The minimum Gasteiger partial charge on any atom is -0.369 e. The van der Waals surface area contributed by atoms with E-state index >= 15 is 0 Å². The standard InChI is InChI=1S/C13H23N3O2S/c1-5-11(6-2)16(4)19(17,18)12-9-8-10-15-13(12)14-7-3/h8-11H,5-7H2,1-4H3,(H,14,15). The Labute approximate surface area is 116 Å². The molecule has 108 valence electrons. The van der Waals surface area contributed by atoms with Crippen LogP contribution in [0.2, 0.25) is 0 Å². The second-order valence-corrected chi connectivity index (χ2v) is 6.34. The third kappa shape index (κ3) is 3.45. The number of sulfonamides is 1. The summed E-state index contributed by atoms with van der Waals surface area (Å²) in [6.07, 6.45) is 3.18. The van der Waals surface area contributed by atoms with Gasteiger partial charge in [0.2, 0.25) is 10.0 Å². The predicted molar refractivity (Wildman–Crippen MR) is 77.7 cm³/mol. The van der Waals surface area contributed by atoms with E-state index in [-0.39, 0.29) is 10.9 Å². The quantitative estimate of drug-likeness (QED) is 0.835. The first-order valence-corrected chi connectivity index (χ1v) is 8.09. The van der Waals surface area contributed by atoms with Crippen LogP contribution in [0.4, 0.5) is 5.82 Å². The molecule has 0 aliphatic heterocycles. The van der Waals surface area contributed by atoms with Gasteiger partial charge in [-0.2, -0.15) is 4.31 Å². The molecule has 0 aliphatic carbocycles. The summed E-state index contributed by atoms with van der Waals surface area (Å²) in [5.41, 5.74) is 0. The molecule has 1 rings (SSSR count). The number of hydrogen-bond acceptors (Lipinski definition) is 4. The Bertz CT molecular complexity index is 498. The first-order valence-electron chi connectivity index (χ1n) is 6.65. The maximum Gasteiger partial charge on any atom is 0.246 e. The average Bonchev–Trinajstić information content (AvgIpc) is 2.41. The van der Waals surface area contributed by atoms with Crippen LogP contribution in [0, 0.1) is 0 Å². The summed E-state index contributed by atoms with van der Waals surface area (Å²) in [5.74, 6) is 0.419. The monoisotopic (exact) mass is 285 g/mol. The Morgan fingerprint density at radius 2 is 1.95 bits per heavy atom. The summed E-state index contributed by atoms with van der Waals surface area (Å²) in [5, 5.41) is 3.00. The van der Waals surface area contributed by atoms with Crippen LogP contribution in [0.1, 0.15) is 33.6 Å². The maximum atomic E-state index is 12.6. The smallest absolute Gasteiger partial charge is 0.246 e. The maximum absolute atomic E-state index is 12.6. The molecule has 0 atom stereocenters. The van der Waals surface area contributed by atoms with E-state index in [4.69, 9.17) is 0 Å². The molecule has 5 nitrogen and oxygen atoms in total. The Hall–Kier alpha value is -1.14. The Morgan fingerprint density at radius 3 is 2.47 bits per heavy atom. The van der Waals surface area contributed by atoms with Crippen LogP contribution < -0.4 is 5.32 Å². The highest BCUT2D eigenvalue weighted by Crippen LogP contribution is 2.24. The number of anilines is 1. The van der Waals surface area contributed by atoms with Crippen molar-refractivity contribution in [3.63, 3.8) is 0 Å². The van der Waals surface area contributed by atoms with E-state index in [0.717, 1.165) is 12.8 Å². The summed E-state index contributed by atoms with van der Waals surface area (Å²) in [7, 11) is -1.87. The second-order valence-electron chi connectivity index (χ2n) is 4.37. The van der Waals surface area contributed by atoms with Crippen LogP contribution in [0.25, 0.3) is 0 Å². The van der Waals surface area contributed by atoms with Crippen molar-refractivity contribution in [3.05, 3.63) is 18.3 Å². The summed E-state index contributed by atoms with van der Waals surface area (Å²) in [6, 6.07) is 3.26. The zero-order valence-electron chi connectivity index (χ0n) is 12.0. The van der Waals surface area contributed by atoms with Gasteiger partial charge in [0.15, 0.2) is 0 Å². The van der Waals surface area contributed by atoms with Crippen molar-refractivity contribution >= 4 is 15.8 Å². The minimum atomic E-state index is -3.51. The molecule has 0 radical (unpaired) electrons. The summed E-state index contributed by atoms with van der Waals surface area (Å²) >= 11 is 0. The van der Waals surface area contributed by atoms with Gasteiger partial charge in [-0.3, -0.25) is 0 Å². The lowest BCUT2D eigenvalue weighted by atomic mass is 10.2. The predicted octanol–water partition coefficient (Wildman–Crippen LogP) is 2.32. The van der Waals surface area contributed by atoms with Gasteiger partial charge in [0, 0.05) is 25.8 Å². The summed E-state index contributed by atoms with van der Waals surface area (Å²) in [4.78, 5) is 4.35. The number of nitrogens with zero attached hydrogens (tertiary/aromatic N) is 2. The number of rotatable bonds is 7. The van der Waals surface area contributed by atoms with Crippen molar-refractivity contribution < 1.29 is 8.42 Å². The van der Waals surface area contributed by atoms with Crippen LogP contribution in [0.5, 0.6) is 0 Å². The van der Waals surface area contributed by atoms with Crippen LogP contribution in [0.3, 0.4) is 0 Å². The zero-order valence-corrected chi connectivity index (χ0v) is 12.9. The lowest BCUT2D eigenvalue weighted by Gasteiger charge is -2.26. The van der Waals surface area contributed by atoms with Crippen LogP contribution in [-0.4, -0.2) is 37.3 Å². The number of nitrogens with one attached hydrogen (secondary N) is 1. The highest BCUT2D eigenvalue weighted by atomic mass is 32.2. The SMILES string of the molecule is CCNc1ncccc1S(=O)(=O)N(C)C(CC)CC. The van der Waals surface area contributed by atoms with Crippen LogP contribution >= 0.6 is 0 Å². The molecular weight excluding hydrogens is 262 g/mol. The zero-order chi connectivity index (χ0) is 14.5. The third-order valence-corrected chi connectivity index (χ3v) is 5.17. The van der Waals surface area contributed by atoms with Gasteiger partial charge in [-0.15, -0.1) is 0 Å². The van der Waals surface area contributed by atoms with Gasteiger partial charge >= 0.3 is 0 Å². The second kappa shape index (κ2) is 6.86. The van der Waals surface area contributed by atoms with Gasteiger partial charge in [0.1, 0.15) is 10.7 Å². The summed E-state index contributed by atoms with van der Waals surface area (Å²) < 4.78 is 26.7. The minimum absolute atomic E-state index is 0.0136. The Balaban J connectivity index is 3.19. The molecule has 19 heavy (non-hydrogen) atoms. The van der Waals surface area contributed by atoms with Crippen LogP contribution in [0.15, 0.2) is 23.2 Å². The lowest BCUT2D eigenvalue weighted by molar-refractivity contribution is 0.350. The molecule has 1 N–H and O–H groups in total. The van der Waals surface area contributed by atoms with E-state index in [2.05, 4.69) is 10.3 Å². The van der Waals surface area contributed by atoms with E-state index in [9.17, 15) is 8.42 Å². The molecular formula is C13H23N3O2S. The number of pyridine rings is 1. The van der Waals surface area contributed by atoms with Crippen molar-refractivity contribution in [2.24, 2.45) is 0 Å². The molecule has 1 aromatic heterocycles. The third-order valence-electron chi connectivity index (χ3n) is 3.23. The molecule has 0 saturated carbocycles. The topological polar surface area (TPSA) is 62.3 Å². The average molecular weight is 285 g/mol. The highest BCUT2D eigenvalue weighted by molar-refractivity contribution is 7.89. The molecule has 0 fully saturated rings. The molecule has 0 saturated heterocycles. The molecule has 1 heterocycles. The molecule has 0 spiro atoms. The largest absolute Gasteiger partial charge is 0.369 e. The van der Waals surface area contributed by atoms with Gasteiger partial charge in [0.25, 0.3) is 0 Å². The van der Waals surface area contributed by atoms with E-state index in [1.165, 1.54) is 4.31 Å². The van der Waals surface area contributed by atoms with Gasteiger partial charge in [-0.05, 0) is 31.9 Å². The van der Waals surface area contributed by atoms with Crippen LogP contribution in [-0.2, 0) is 10.0 Å². The van der Waals surface area contributed by atoms with E-state index in [0.29, 0.717) is 12.4 Å². The first-order chi connectivity index (χ1) is 8.98. The van der Waals surface area contributed by atoms with Crippen molar-refractivity contribution in [2.45, 2.75) is 44.6 Å². The van der Waals surface area contributed by atoms with Crippen molar-refractivity contribution in [1.29, 1.82) is 0 Å². The van der Waals surface area contributed by atoms with E-state index < -0.39 is 10.0 Å². The van der Waals surface area contributed by atoms with Gasteiger partial charge in [-0.1, -0.05) is 13.8 Å². The Kier molecular flexibility index (Phi) is 5.75. The van der Waals surface area contributed by atoms with Gasteiger partial charge in [0.05, 0.1) is 0 Å².